The van der Waals surface area contributed by atoms with E-state index in [9.17, 15) is 0 Å². The van der Waals surface area contributed by atoms with Crippen LogP contribution in [0.5, 0.6) is 0 Å². The molecule has 0 amide bonds. The van der Waals surface area contributed by atoms with Crippen LogP contribution in [0.4, 0.5) is 0 Å². The molecule has 180 valence electrons. The molecule has 0 radical (unpaired) electrons. The molecule has 0 atom stereocenters. The summed E-state index contributed by atoms with van der Waals surface area (Å²) in [6.07, 6.45) is 3.81. The van der Waals surface area contributed by atoms with E-state index < -0.39 is 0 Å². The van der Waals surface area contributed by atoms with E-state index in [1.165, 1.54) is 22.4 Å². The molecule has 6 rings (SSSR count). The first kappa shape index (κ1) is 22.5. The summed E-state index contributed by atoms with van der Waals surface area (Å²) in [5.74, 6) is 1.59. The second kappa shape index (κ2) is 8.34. The van der Waals surface area contributed by atoms with Gasteiger partial charge in [-0.3, -0.25) is 9.55 Å². The first-order valence-electron chi connectivity index (χ1n) is 12.7. The van der Waals surface area contributed by atoms with E-state index in [1.54, 1.807) is 0 Å². The Bertz CT molecular complexity index is 1740. The van der Waals surface area contributed by atoms with Gasteiger partial charge < -0.3 is 4.42 Å². The number of fused-ring (bicyclic) bond motifs is 4. The zero-order valence-corrected chi connectivity index (χ0v) is 21.8. The van der Waals surface area contributed by atoms with Gasteiger partial charge in [-0.05, 0) is 54.5 Å². The third-order valence-electron chi connectivity index (χ3n) is 7.17. The Hall–Kier alpha value is -3.92. The molecule has 0 fully saturated rings. The second-order valence-electron chi connectivity index (χ2n) is 10.5. The molecule has 0 unspecified atom stereocenters. The molecule has 3 aromatic heterocycles. The lowest BCUT2D eigenvalue weighted by Crippen LogP contribution is -2.10. The zero-order chi connectivity index (χ0) is 25.1. The van der Waals surface area contributed by atoms with Crippen LogP contribution in [0.25, 0.3) is 50.0 Å². The highest BCUT2D eigenvalue weighted by atomic mass is 16.3. The van der Waals surface area contributed by atoms with Crippen molar-refractivity contribution >= 4 is 33.0 Å². The summed E-state index contributed by atoms with van der Waals surface area (Å²) in [7, 11) is 0. The highest BCUT2D eigenvalue weighted by Gasteiger charge is 2.25. The molecular weight excluding hydrogens is 442 g/mol. The minimum Gasteiger partial charge on any atom is -0.455 e. The first-order valence-corrected chi connectivity index (χ1v) is 12.7. The predicted octanol–water partition coefficient (Wildman–Crippen LogP) is 8.85. The Morgan fingerprint density at radius 1 is 0.806 bits per heavy atom. The van der Waals surface area contributed by atoms with Crippen molar-refractivity contribution in [2.24, 2.45) is 0 Å². The molecule has 4 nitrogen and oxygen atoms in total. The van der Waals surface area contributed by atoms with Crippen molar-refractivity contribution in [2.75, 3.05) is 0 Å². The van der Waals surface area contributed by atoms with Gasteiger partial charge in [0.25, 0.3) is 0 Å². The van der Waals surface area contributed by atoms with Gasteiger partial charge in [0.15, 0.2) is 0 Å². The number of furan rings is 1. The summed E-state index contributed by atoms with van der Waals surface area (Å²) in [5, 5.41) is 2.23. The quantitative estimate of drug-likeness (QED) is 0.257. The Morgan fingerprint density at radius 2 is 1.50 bits per heavy atom. The largest absolute Gasteiger partial charge is 0.455 e. The van der Waals surface area contributed by atoms with Crippen LogP contribution in [0.15, 0.2) is 71.4 Å². The number of hydrogen-bond acceptors (Lipinski definition) is 3. The number of rotatable bonds is 4. The van der Waals surface area contributed by atoms with E-state index in [0.717, 1.165) is 49.9 Å². The monoisotopic (exact) mass is 473 g/mol. The summed E-state index contributed by atoms with van der Waals surface area (Å²) in [4.78, 5) is 9.69. The maximum absolute atomic E-state index is 6.46. The lowest BCUT2D eigenvalue weighted by atomic mass is 9.90. The molecule has 0 bridgehead atoms. The number of hydrogen-bond donors (Lipinski definition) is 0. The van der Waals surface area contributed by atoms with Crippen molar-refractivity contribution < 1.29 is 4.42 Å². The van der Waals surface area contributed by atoms with Crippen LogP contribution in [-0.4, -0.2) is 14.5 Å². The van der Waals surface area contributed by atoms with Crippen LogP contribution < -0.4 is 0 Å². The topological polar surface area (TPSA) is 43.9 Å². The molecule has 3 heterocycles. The second-order valence-corrected chi connectivity index (χ2v) is 10.5. The molecule has 3 aromatic carbocycles. The van der Waals surface area contributed by atoms with Gasteiger partial charge >= 0.3 is 0 Å². The third-order valence-corrected chi connectivity index (χ3v) is 7.17. The number of imidazole rings is 1. The molecule has 0 N–H and O–H groups in total. The summed E-state index contributed by atoms with van der Waals surface area (Å²) in [6, 6.07) is 19.3. The van der Waals surface area contributed by atoms with Gasteiger partial charge in [-0.1, -0.05) is 75.7 Å². The molecule has 4 heteroatoms. The van der Waals surface area contributed by atoms with Crippen molar-refractivity contribution in [2.45, 2.75) is 53.4 Å². The Balaban J connectivity index is 1.80. The van der Waals surface area contributed by atoms with Crippen LogP contribution in [-0.2, 0) is 0 Å². The van der Waals surface area contributed by atoms with Crippen molar-refractivity contribution in [3.05, 3.63) is 89.2 Å². The van der Waals surface area contributed by atoms with Crippen LogP contribution in [0, 0.1) is 13.8 Å². The number of aryl methyl sites for hydroxylation is 2. The first-order chi connectivity index (χ1) is 17.3. The summed E-state index contributed by atoms with van der Waals surface area (Å²) in [6.45, 7) is 13.4. The molecule has 0 saturated heterocycles. The van der Waals surface area contributed by atoms with Gasteiger partial charge in [-0.15, -0.1) is 0 Å². The van der Waals surface area contributed by atoms with Gasteiger partial charge in [0.2, 0.25) is 0 Å². The van der Waals surface area contributed by atoms with Gasteiger partial charge in [0, 0.05) is 17.0 Å². The summed E-state index contributed by atoms with van der Waals surface area (Å²) < 4.78 is 8.83. The zero-order valence-electron chi connectivity index (χ0n) is 21.8. The minimum absolute atomic E-state index is 0.354. The molecule has 6 aromatic rings. The van der Waals surface area contributed by atoms with Crippen molar-refractivity contribution in [1.82, 2.24) is 14.5 Å². The van der Waals surface area contributed by atoms with Crippen molar-refractivity contribution in [3.8, 4) is 17.1 Å². The van der Waals surface area contributed by atoms with Crippen LogP contribution in [0.2, 0.25) is 0 Å². The fourth-order valence-electron chi connectivity index (χ4n) is 5.48. The highest BCUT2D eigenvalue weighted by Crippen LogP contribution is 2.41. The van der Waals surface area contributed by atoms with Crippen LogP contribution >= 0.6 is 0 Å². The standard InChI is InChI=1S/C32H31N3O/c1-18(2)25-14-20(5)15-26(19(3)4)30(25)35-29-21(6)16-33-17-27(29)34-32(35)24-12-9-11-23-22-10-7-8-13-28(22)36-31(23)24/h7-19H,1-6H3. The average Bonchev–Trinajstić information content (AvgIpc) is 3.43. The number of nitrogens with zero attached hydrogens (tertiary/aromatic N) is 3. The van der Waals surface area contributed by atoms with Gasteiger partial charge in [-0.2, -0.15) is 0 Å². The lowest BCUT2D eigenvalue weighted by Gasteiger charge is -2.24. The Labute approximate surface area is 211 Å². The predicted molar refractivity (Wildman–Crippen MR) is 149 cm³/mol. The molecule has 0 aliphatic heterocycles. The third kappa shape index (κ3) is 3.35. The fraction of sp³-hybridized carbons (Fsp3) is 0.250. The minimum atomic E-state index is 0.354. The Kier molecular flexibility index (Phi) is 5.22. The van der Waals surface area contributed by atoms with E-state index in [2.05, 4.69) is 93.6 Å². The summed E-state index contributed by atoms with van der Waals surface area (Å²) in [5.41, 5.74) is 11.0. The molecule has 0 aliphatic rings. The summed E-state index contributed by atoms with van der Waals surface area (Å²) >= 11 is 0. The van der Waals surface area contributed by atoms with E-state index in [1.807, 2.05) is 24.5 Å². The maximum atomic E-state index is 6.46. The smallest absolute Gasteiger partial charge is 0.149 e. The fourth-order valence-corrected chi connectivity index (χ4v) is 5.48. The van der Waals surface area contributed by atoms with E-state index in [-0.39, 0.29) is 0 Å². The molecular formula is C32H31N3O. The van der Waals surface area contributed by atoms with Crippen molar-refractivity contribution in [3.63, 3.8) is 0 Å². The number of para-hydroxylation sites is 2. The SMILES string of the molecule is Cc1cc(C(C)C)c(-n2c(-c3cccc4c3oc3ccccc34)nc3cncc(C)c32)c(C(C)C)c1. The molecule has 0 aliphatic carbocycles. The van der Waals surface area contributed by atoms with Gasteiger partial charge in [-0.25, -0.2) is 4.98 Å². The lowest BCUT2D eigenvalue weighted by molar-refractivity contribution is 0.669. The van der Waals surface area contributed by atoms with Crippen LogP contribution in [0.1, 0.15) is 61.8 Å². The molecule has 0 saturated carbocycles. The number of pyridine rings is 1. The number of aromatic nitrogens is 3. The normalized spacial score (nSPS) is 12.1. The molecule has 36 heavy (non-hydrogen) atoms. The highest BCUT2D eigenvalue weighted by molar-refractivity contribution is 6.09. The van der Waals surface area contributed by atoms with E-state index in [0.29, 0.717) is 11.8 Å². The number of benzene rings is 3. The van der Waals surface area contributed by atoms with Gasteiger partial charge in [0.1, 0.15) is 22.5 Å². The maximum Gasteiger partial charge on any atom is 0.149 e. The van der Waals surface area contributed by atoms with Crippen LogP contribution in [0.3, 0.4) is 0 Å². The van der Waals surface area contributed by atoms with Crippen molar-refractivity contribution in [1.29, 1.82) is 0 Å². The van der Waals surface area contributed by atoms with E-state index in [4.69, 9.17) is 9.40 Å². The van der Waals surface area contributed by atoms with Gasteiger partial charge in [0.05, 0.1) is 23.0 Å². The van der Waals surface area contributed by atoms with E-state index >= 15 is 0 Å². The molecule has 0 spiro atoms. The Morgan fingerprint density at radius 3 is 2.22 bits per heavy atom. The average molecular weight is 474 g/mol.